The molecule has 9 unspecified atom stereocenters. The summed E-state index contributed by atoms with van der Waals surface area (Å²) in [5.74, 6) is 1.76. The Balaban J connectivity index is 0.805. The SMILES string of the molecule is C1=CC2C3C=CC=CC3N(c3cc(-n4c5c(c6ccccc64)C=CCC5)cc(C45CC4C(C4=CC=C(n6c7c(c8cc(-c9ccc%10c(c9)CCC=C%10)ccc86)CCC=C7)CC4)NC(C4C=CCCC4)N5)c3)C2C=C1. The number of fused-ring (bicyclic) bond motifs is 11. The number of rotatable bonds is 7. The Hall–Kier alpha value is -6.92. The highest BCUT2D eigenvalue weighted by Crippen LogP contribution is 2.60. The van der Waals surface area contributed by atoms with Crippen molar-refractivity contribution in [3.05, 3.63) is 215 Å². The Kier molecular flexibility index (Phi) is 10.0. The maximum absolute atomic E-state index is 4.47. The summed E-state index contributed by atoms with van der Waals surface area (Å²) >= 11 is 0. The summed E-state index contributed by atoms with van der Waals surface area (Å²) in [6.07, 6.45) is 56.8. The molecule has 74 heavy (non-hydrogen) atoms. The van der Waals surface area contributed by atoms with E-state index in [9.17, 15) is 0 Å². The Morgan fingerprint density at radius 1 is 0.595 bits per heavy atom. The minimum Gasteiger partial charge on any atom is -0.357 e. The summed E-state index contributed by atoms with van der Waals surface area (Å²) in [6, 6.07) is 32.2. The average molecular weight is 964 g/mol. The zero-order valence-electron chi connectivity index (χ0n) is 42.3. The fourth-order valence-electron chi connectivity index (χ4n) is 15.7. The topological polar surface area (TPSA) is 37.2 Å². The van der Waals surface area contributed by atoms with E-state index in [1.165, 1.54) is 108 Å². The van der Waals surface area contributed by atoms with Gasteiger partial charge in [-0.05, 0) is 159 Å². The molecule has 16 rings (SSSR count). The summed E-state index contributed by atoms with van der Waals surface area (Å²) < 4.78 is 5.27. The minimum atomic E-state index is -0.152. The van der Waals surface area contributed by atoms with Gasteiger partial charge < -0.3 is 14.0 Å². The van der Waals surface area contributed by atoms with E-state index in [-0.39, 0.29) is 17.7 Å². The van der Waals surface area contributed by atoms with Gasteiger partial charge >= 0.3 is 0 Å². The Labute approximate surface area is 436 Å². The number of anilines is 1. The average Bonchev–Trinajstić information content (AvgIpc) is 3.84. The molecule has 0 bridgehead atoms. The Morgan fingerprint density at radius 3 is 2.24 bits per heavy atom. The number of aromatic nitrogens is 2. The molecular weight excluding hydrogens is 899 g/mol. The second-order valence-electron chi connectivity index (χ2n) is 23.2. The highest BCUT2D eigenvalue weighted by Gasteiger charge is 2.63. The van der Waals surface area contributed by atoms with Crippen LogP contribution >= 0.6 is 0 Å². The van der Waals surface area contributed by atoms with Crippen LogP contribution in [-0.4, -0.2) is 33.4 Å². The number of nitrogens with zero attached hydrogens (tertiary/aromatic N) is 3. The first-order valence-corrected chi connectivity index (χ1v) is 28.3. The van der Waals surface area contributed by atoms with Crippen molar-refractivity contribution in [2.75, 3.05) is 4.90 Å². The van der Waals surface area contributed by atoms with Gasteiger partial charge in [-0.1, -0.05) is 145 Å². The van der Waals surface area contributed by atoms with Gasteiger partial charge in [0.25, 0.3) is 0 Å². The van der Waals surface area contributed by atoms with Crippen molar-refractivity contribution >= 4 is 51.4 Å². The van der Waals surface area contributed by atoms with Gasteiger partial charge in [0.2, 0.25) is 0 Å². The summed E-state index contributed by atoms with van der Waals surface area (Å²) in [4.78, 5) is 2.79. The summed E-state index contributed by atoms with van der Waals surface area (Å²) in [5.41, 5.74) is 20.8. The van der Waals surface area contributed by atoms with Crippen LogP contribution in [0.5, 0.6) is 0 Å². The summed E-state index contributed by atoms with van der Waals surface area (Å²) in [5, 5.41) is 11.6. The molecule has 5 nitrogen and oxygen atoms in total. The molecule has 0 amide bonds. The third kappa shape index (κ3) is 6.74. The van der Waals surface area contributed by atoms with E-state index in [1.807, 2.05) is 0 Å². The molecule has 0 radical (unpaired) electrons. The van der Waals surface area contributed by atoms with Gasteiger partial charge in [-0.25, -0.2) is 0 Å². The minimum absolute atomic E-state index is 0.152. The van der Waals surface area contributed by atoms with Crippen LogP contribution in [0.1, 0.15) is 97.0 Å². The second kappa shape index (κ2) is 17.1. The Bertz CT molecular complexity index is 3630. The van der Waals surface area contributed by atoms with Crippen LogP contribution in [0.3, 0.4) is 0 Å². The largest absolute Gasteiger partial charge is 0.357 e. The van der Waals surface area contributed by atoms with Gasteiger partial charge in [0.15, 0.2) is 0 Å². The lowest BCUT2D eigenvalue weighted by Gasteiger charge is -2.43. The summed E-state index contributed by atoms with van der Waals surface area (Å²) in [7, 11) is 0. The maximum Gasteiger partial charge on any atom is 0.0648 e. The molecule has 8 aliphatic carbocycles. The predicted octanol–water partition coefficient (Wildman–Crippen LogP) is 14.9. The van der Waals surface area contributed by atoms with Crippen LogP contribution in [-0.2, 0) is 24.8 Å². The van der Waals surface area contributed by atoms with E-state index in [0.29, 0.717) is 35.8 Å². The van der Waals surface area contributed by atoms with Crippen LogP contribution in [0.25, 0.3) is 62.5 Å². The van der Waals surface area contributed by atoms with E-state index in [2.05, 4.69) is 213 Å². The van der Waals surface area contributed by atoms with Gasteiger partial charge in [-0.3, -0.25) is 10.6 Å². The number of nitrogens with one attached hydrogen (secondary N) is 2. The quantitative estimate of drug-likeness (QED) is 0.157. The second-order valence-corrected chi connectivity index (χ2v) is 23.2. The highest BCUT2D eigenvalue weighted by atomic mass is 15.3. The fraction of sp³-hybridized carbons (Fsp3) is 0.304. The van der Waals surface area contributed by atoms with Crippen LogP contribution in [0.4, 0.5) is 5.69 Å². The molecule has 1 saturated carbocycles. The van der Waals surface area contributed by atoms with E-state index < -0.39 is 0 Å². The van der Waals surface area contributed by atoms with Gasteiger partial charge in [-0.15, -0.1) is 0 Å². The molecule has 4 aromatic carbocycles. The van der Waals surface area contributed by atoms with Gasteiger partial charge in [0.1, 0.15) is 0 Å². The predicted molar refractivity (Wildman–Crippen MR) is 308 cm³/mol. The summed E-state index contributed by atoms with van der Waals surface area (Å²) in [6.45, 7) is 0. The van der Waals surface area contributed by atoms with Gasteiger partial charge in [0, 0.05) is 80.0 Å². The number of hydrogen-bond donors (Lipinski definition) is 2. The lowest BCUT2D eigenvalue weighted by atomic mass is 9.83. The van der Waals surface area contributed by atoms with E-state index >= 15 is 0 Å². The van der Waals surface area contributed by atoms with Crippen molar-refractivity contribution in [1.29, 1.82) is 0 Å². The molecule has 2 saturated heterocycles. The third-order valence-corrected chi connectivity index (χ3v) is 19.3. The van der Waals surface area contributed by atoms with Crippen molar-refractivity contribution in [2.24, 2.45) is 23.7 Å². The number of aryl methyl sites for hydroxylation is 2. The molecule has 4 heterocycles. The van der Waals surface area contributed by atoms with Crippen molar-refractivity contribution in [2.45, 2.75) is 107 Å². The zero-order valence-corrected chi connectivity index (χ0v) is 42.3. The number of para-hydroxylation sites is 1. The van der Waals surface area contributed by atoms with Crippen LogP contribution in [0, 0.1) is 23.7 Å². The first kappa shape index (κ1) is 43.5. The molecule has 2 N–H and O–H groups in total. The number of benzene rings is 4. The lowest BCUT2D eigenvalue weighted by Crippen LogP contribution is -2.61. The molecule has 3 fully saturated rings. The maximum atomic E-state index is 4.47. The van der Waals surface area contributed by atoms with Crippen molar-refractivity contribution in [1.82, 2.24) is 19.8 Å². The number of allylic oxidation sites excluding steroid dienone is 11. The molecule has 5 heteroatoms. The normalized spacial score (nSPS) is 29.7. The highest BCUT2D eigenvalue weighted by molar-refractivity contribution is 5.96. The van der Waals surface area contributed by atoms with Gasteiger partial charge in [-0.2, -0.15) is 0 Å². The molecule has 9 atom stereocenters. The fourth-order valence-corrected chi connectivity index (χ4v) is 15.7. The molecule has 6 aromatic rings. The van der Waals surface area contributed by atoms with Crippen molar-refractivity contribution in [3.8, 4) is 16.8 Å². The molecular formula is C69H65N5. The number of hydrogen-bond acceptors (Lipinski definition) is 3. The smallest absolute Gasteiger partial charge is 0.0648 e. The van der Waals surface area contributed by atoms with Crippen LogP contribution in [0.15, 0.2) is 176 Å². The molecule has 366 valence electrons. The van der Waals surface area contributed by atoms with Crippen LogP contribution in [0.2, 0.25) is 0 Å². The molecule has 0 spiro atoms. The molecule has 10 aliphatic rings. The lowest BCUT2D eigenvalue weighted by molar-refractivity contribution is 0.201. The molecule has 2 aromatic heterocycles. The first-order valence-electron chi connectivity index (χ1n) is 28.3. The molecule has 2 aliphatic heterocycles. The van der Waals surface area contributed by atoms with E-state index in [4.69, 9.17) is 0 Å². The van der Waals surface area contributed by atoms with E-state index in [1.54, 1.807) is 5.57 Å². The van der Waals surface area contributed by atoms with Crippen molar-refractivity contribution < 1.29 is 0 Å². The van der Waals surface area contributed by atoms with Crippen LogP contribution < -0.4 is 15.5 Å². The van der Waals surface area contributed by atoms with Crippen molar-refractivity contribution in [3.63, 3.8) is 0 Å². The Morgan fingerprint density at radius 2 is 1.38 bits per heavy atom. The zero-order chi connectivity index (χ0) is 48.5. The third-order valence-electron chi connectivity index (χ3n) is 19.3. The monoisotopic (exact) mass is 964 g/mol. The standard InChI is InChI=1S/C69H65N5/c1-2-17-46(18-3-1)68-70-67(45-32-35-51(36-33-45)72-65-29-15-10-24-58(65)59-39-49(34-37-66(59)72)48-31-30-44-16-4-5-19-47(44)38-48)60-43-69(60,71-68)50-40-52(73-61-25-11-6-20-54(61)55-21-7-12-26-62(55)73)42-53(41-50)74-63-27-13-8-22-56(63)57-23-9-14-28-64(57)74/h2,4,6-9,11-13,15-17,20-23,25-27,29-32,34-35,37-42,46,54-55,60-62,67-68,70-71H,1,3,5,10,14,18-19,24,28,33,36,43H2. The van der Waals surface area contributed by atoms with Gasteiger partial charge in [0.05, 0.1) is 29.3 Å². The first-order chi connectivity index (χ1) is 36.6. The van der Waals surface area contributed by atoms with E-state index in [0.717, 1.165) is 57.8 Å².